The average molecular weight is 459 g/mol. The predicted octanol–water partition coefficient (Wildman–Crippen LogP) is 7.54. The van der Waals surface area contributed by atoms with Gasteiger partial charge in [0.05, 0.1) is 13.7 Å². The van der Waals surface area contributed by atoms with E-state index < -0.39 is 0 Å². The summed E-state index contributed by atoms with van der Waals surface area (Å²) in [6.45, 7) is 2.13. The van der Waals surface area contributed by atoms with E-state index in [9.17, 15) is 4.79 Å². The summed E-state index contributed by atoms with van der Waals surface area (Å²) in [5.41, 5.74) is 2.83. The molecule has 0 saturated heterocycles. The fourth-order valence-electron chi connectivity index (χ4n) is 3.49. The van der Waals surface area contributed by atoms with Crippen LogP contribution in [0.15, 0.2) is 84.9 Å². The van der Waals surface area contributed by atoms with E-state index >= 15 is 0 Å². The zero-order valence-electron chi connectivity index (χ0n) is 18.4. The number of ether oxygens (including phenoxy) is 3. The van der Waals surface area contributed by atoms with Crippen molar-refractivity contribution < 1.29 is 19.0 Å². The van der Waals surface area contributed by atoms with Crippen molar-refractivity contribution in [3.8, 4) is 28.4 Å². The molecule has 5 heteroatoms. The molecule has 4 nitrogen and oxygen atoms in total. The van der Waals surface area contributed by atoms with Crippen molar-refractivity contribution in [3.05, 3.63) is 95.5 Å². The third kappa shape index (κ3) is 5.36. The van der Waals surface area contributed by atoms with Crippen LogP contribution in [0.3, 0.4) is 0 Å². The van der Waals surface area contributed by atoms with Crippen LogP contribution < -0.4 is 9.47 Å². The number of carbonyl (C=O) groups is 1. The van der Waals surface area contributed by atoms with Crippen LogP contribution in [0, 0.1) is 0 Å². The normalized spacial score (nSPS) is 11.0. The van der Waals surface area contributed by atoms with Gasteiger partial charge in [-0.2, -0.15) is 0 Å². The van der Waals surface area contributed by atoms with Crippen LogP contribution in [0.4, 0.5) is 0 Å². The Kier molecular flexibility index (Phi) is 6.96. The highest BCUT2D eigenvalue weighted by Crippen LogP contribution is 2.41. The third-order valence-corrected chi connectivity index (χ3v) is 5.38. The van der Waals surface area contributed by atoms with Gasteiger partial charge in [-0.05, 0) is 78.0 Å². The largest absolute Gasteiger partial charge is 0.497 e. The molecule has 0 aromatic heterocycles. The van der Waals surface area contributed by atoms with Crippen LogP contribution in [0.5, 0.6) is 17.2 Å². The summed E-state index contributed by atoms with van der Waals surface area (Å²) in [5.74, 6) is 1.84. The molecule has 0 amide bonds. The summed E-state index contributed by atoms with van der Waals surface area (Å²) < 4.78 is 16.7. The van der Waals surface area contributed by atoms with Gasteiger partial charge in [-0.25, -0.2) is 4.79 Å². The number of rotatable bonds is 7. The van der Waals surface area contributed by atoms with E-state index in [0.717, 1.165) is 39.0 Å². The molecule has 0 aliphatic rings. The Balaban J connectivity index is 1.71. The lowest BCUT2D eigenvalue weighted by Gasteiger charge is -2.15. The maximum Gasteiger partial charge on any atom is 0.330 e. The first-order valence-electron chi connectivity index (χ1n) is 10.6. The van der Waals surface area contributed by atoms with Gasteiger partial charge in [-0.15, -0.1) is 0 Å². The van der Waals surface area contributed by atoms with Crippen molar-refractivity contribution in [2.75, 3.05) is 13.7 Å². The first-order chi connectivity index (χ1) is 16.1. The van der Waals surface area contributed by atoms with Gasteiger partial charge in [0, 0.05) is 22.0 Å². The lowest BCUT2D eigenvalue weighted by atomic mass is 9.99. The molecular formula is C28H23ClO4. The Labute approximate surface area is 198 Å². The van der Waals surface area contributed by atoms with Gasteiger partial charge >= 0.3 is 5.97 Å². The molecule has 0 bridgehead atoms. The Hall–Kier alpha value is -3.76. The highest BCUT2D eigenvalue weighted by molar-refractivity contribution is 6.30. The number of benzene rings is 4. The van der Waals surface area contributed by atoms with Crippen LogP contribution in [0.1, 0.15) is 12.5 Å². The van der Waals surface area contributed by atoms with Crippen molar-refractivity contribution in [1.29, 1.82) is 0 Å². The number of carbonyl (C=O) groups excluding carboxylic acids is 1. The first-order valence-corrected chi connectivity index (χ1v) is 10.9. The van der Waals surface area contributed by atoms with E-state index in [4.69, 9.17) is 25.8 Å². The molecule has 33 heavy (non-hydrogen) atoms. The van der Waals surface area contributed by atoms with Crippen molar-refractivity contribution >= 4 is 34.4 Å². The van der Waals surface area contributed by atoms with Gasteiger partial charge in [-0.3, -0.25) is 0 Å². The Morgan fingerprint density at radius 3 is 2.33 bits per heavy atom. The number of hydrogen-bond donors (Lipinski definition) is 0. The molecule has 0 fully saturated rings. The van der Waals surface area contributed by atoms with Gasteiger partial charge < -0.3 is 14.2 Å². The van der Waals surface area contributed by atoms with Gasteiger partial charge in [0.25, 0.3) is 0 Å². The number of methoxy groups -OCH3 is 1. The molecule has 4 aromatic rings. The lowest BCUT2D eigenvalue weighted by molar-refractivity contribution is -0.137. The topological polar surface area (TPSA) is 44.8 Å². The summed E-state index contributed by atoms with van der Waals surface area (Å²) in [6.07, 6.45) is 3.13. The highest BCUT2D eigenvalue weighted by Gasteiger charge is 2.13. The van der Waals surface area contributed by atoms with E-state index in [1.807, 2.05) is 72.8 Å². The minimum Gasteiger partial charge on any atom is -0.497 e. The summed E-state index contributed by atoms with van der Waals surface area (Å²) in [5, 5.41) is 2.66. The minimum atomic E-state index is -0.364. The summed E-state index contributed by atoms with van der Waals surface area (Å²) in [6, 6.07) is 25.2. The Morgan fingerprint density at radius 1 is 0.909 bits per heavy atom. The van der Waals surface area contributed by atoms with E-state index in [1.165, 1.54) is 6.08 Å². The first kappa shape index (κ1) is 22.4. The summed E-state index contributed by atoms with van der Waals surface area (Å²) in [7, 11) is 1.65. The van der Waals surface area contributed by atoms with Gasteiger partial charge in [-0.1, -0.05) is 41.9 Å². The van der Waals surface area contributed by atoms with Crippen molar-refractivity contribution in [2.45, 2.75) is 6.92 Å². The number of halogens is 1. The van der Waals surface area contributed by atoms with Gasteiger partial charge in [0.2, 0.25) is 0 Å². The second kappa shape index (κ2) is 10.2. The number of esters is 1. The molecule has 0 spiro atoms. The molecule has 0 aliphatic heterocycles. The second-order valence-corrected chi connectivity index (χ2v) is 7.73. The van der Waals surface area contributed by atoms with Gasteiger partial charge in [0.15, 0.2) is 0 Å². The quantitative estimate of drug-likeness (QED) is 0.212. The van der Waals surface area contributed by atoms with Crippen LogP contribution in [-0.2, 0) is 9.53 Å². The summed E-state index contributed by atoms with van der Waals surface area (Å²) >= 11 is 6.10. The van der Waals surface area contributed by atoms with Crippen LogP contribution >= 0.6 is 11.6 Å². The van der Waals surface area contributed by atoms with Gasteiger partial charge in [0.1, 0.15) is 17.2 Å². The van der Waals surface area contributed by atoms with E-state index in [1.54, 1.807) is 20.1 Å². The molecule has 4 rings (SSSR count). The fourth-order valence-corrected chi connectivity index (χ4v) is 3.62. The van der Waals surface area contributed by atoms with Crippen molar-refractivity contribution in [2.24, 2.45) is 0 Å². The monoisotopic (exact) mass is 458 g/mol. The van der Waals surface area contributed by atoms with Crippen molar-refractivity contribution in [3.63, 3.8) is 0 Å². The molecule has 166 valence electrons. The summed E-state index contributed by atoms with van der Waals surface area (Å²) in [4.78, 5) is 11.5. The highest BCUT2D eigenvalue weighted by atomic mass is 35.5. The van der Waals surface area contributed by atoms with Crippen molar-refractivity contribution in [1.82, 2.24) is 0 Å². The molecule has 4 aromatic carbocycles. The van der Waals surface area contributed by atoms with Crippen LogP contribution in [0.25, 0.3) is 28.0 Å². The van der Waals surface area contributed by atoms with E-state index in [0.29, 0.717) is 17.4 Å². The zero-order valence-corrected chi connectivity index (χ0v) is 19.1. The molecular weight excluding hydrogens is 436 g/mol. The average Bonchev–Trinajstić information content (AvgIpc) is 2.84. The molecule has 0 saturated carbocycles. The molecule has 0 N–H and O–H groups in total. The third-order valence-electron chi connectivity index (χ3n) is 5.13. The SMILES string of the molecule is CCOC(=O)C=Cc1ccc(Oc2c(-c3ccc(Cl)cc3)ccc3cc(OC)ccc23)cc1. The fraction of sp³-hybridized carbons (Fsp3) is 0.107. The van der Waals surface area contributed by atoms with Crippen LogP contribution in [-0.4, -0.2) is 19.7 Å². The van der Waals surface area contributed by atoms with E-state index in [2.05, 4.69) is 6.07 Å². The Morgan fingerprint density at radius 2 is 1.64 bits per heavy atom. The minimum absolute atomic E-state index is 0.350. The maximum atomic E-state index is 11.5. The number of fused-ring (bicyclic) bond motifs is 1. The Bertz CT molecular complexity index is 1290. The molecule has 0 radical (unpaired) electrons. The smallest absolute Gasteiger partial charge is 0.330 e. The number of hydrogen-bond acceptors (Lipinski definition) is 4. The second-order valence-electron chi connectivity index (χ2n) is 7.29. The molecule has 0 heterocycles. The zero-order chi connectivity index (χ0) is 23.2. The predicted molar refractivity (Wildman–Crippen MR) is 133 cm³/mol. The lowest BCUT2D eigenvalue weighted by Crippen LogP contribution is -1.98. The van der Waals surface area contributed by atoms with Crippen LogP contribution in [0.2, 0.25) is 5.02 Å². The standard InChI is InChI=1S/C28H23ClO4/c1-3-32-27(30)17-6-19-4-12-23(13-5-19)33-28-25(20-7-10-22(29)11-8-20)15-9-21-18-24(31-2)14-16-26(21)28/h4-18H,3H2,1-2H3. The molecule has 0 atom stereocenters. The molecule has 0 aliphatic carbocycles. The maximum absolute atomic E-state index is 11.5. The van der Waals surface area contributed by atoms with E-state index in [-0.39, 0.29) is 5.97 Å². The molecule has 0 unspecified atom stereocenters.